The van der Waals surface area contributed by atoms with E-state index in [1.807, 2.05) is 4.90 Å². The maximum Gasteiger partial charge on any atom is 0.222 e. The van der Waals surface area contributed by atoms with Crippen LogP contribution >= 0.6 is 11.6 Å². The molecule has 3 nitrogen and oxygen atoms in total. The number of hydrogen-bond acceptors (Lipinski definition) is 2. The number of halogens is 1. The van der Waals surface area contributed by atoms with Crippen LogP contribution in [0.2, 0.25) is 0 Å². The lowest BCUT2D eigenvalue weighted by molar-refractivity contribution is -0.135. The highest BCUT2D eigenvalue weighted by molar-refractivity contribution is 6.17. The molecule has 1 saturated heterocycles. The van der Waals surface area contributed by atoms with Gasteiger partial charge in [-0.15, -0.1) is 11.6 Å². The zero-order chi connectivity index (χ0) is 10.4. The van der Waals surface area contributed by atoms with Crippen LogP contribution in [0.1, 0.15) is 32.1 Å². The highest BCUT2D eigenvalue weighted by atomic mass is 35.5. The molecule has 1 rings (SSSR count). The Hall–Kier alpha value is -0.280. The average Bonchev–Trinajstić information content (AvgIpc) is 2.25. The monoisotopic (exact) mass is 219 g/mol. The fraction of sp³-hybridized carbons (Fsp3) is 0.900. The third-order valence-electron chi connectivity index (χ3n) is 2.68. The van der Waals surface area contributed by atoms with Crippen molar-refractivity contribution in [1.29, 1.82) is 0 Å². The Morgan fingerprint density at radius 1 is 1.50 bits per heavy atom. The maximum absolute atomic E-state index is 11.7. The topological polar surface area (TPSA) is 40.5 Å². The molecule has 0 aromatic heterocycles. The van der Waals surface area contributed by atoms with Gasteiger partial charge in [0, 0.05) is 18.8 Å². The molecular formula is C10H18ClNO2. The molecule has 0 bridgehead atoms. The van der Waals surface area contributed by atoms with E-state index < -0.39 is 0 Å². The van der Waals surface area contributed by atoms with Crippen molar-refractivity contribution in [2.24, 2.45) is 0 Å². The molecule has 14 heavy (non-hydrogen) atoms. The van der Waals surface area contributed by atoms with Gasteiger partial charge in [0.05, 0.1) is 12.6 Å². The minimum Gasteiger partial charge on any atom is -0.394 e. The third-order valence-corrected chi connectivity index (χ3v) is 2.95. The first-order valence-electron chi connectivity index (χ1n) is 5.26. The van der Waals surface area contributed by atoms with Crippen LogP contribution in [-0.4, -0.2) is 41.0 Å². The lowest BCUT2D eigenvalue weighted by Gasteiger charge is -2.34. The van der Waals surface area contributed by atoms with Crippen molar-refractivity contribution in [3.63, 3.8) is 0 Å². The molecule has 1 atom stereocenters. The average molecular weight is 220 g/mol. The Labute approximate surface area is 90.0 Å². The molecular weight excluding hydrogens is 202 g/mol. The highest BCUT2D eigenvalue weighted by Gasteiger charge is 2.25. The molecule has 0 aliphatic carbocycles. The van der Waals surface area contributed by atoms with Gasteiger partial charge in [-0.05, 0) is 25.7 Å². The van der Waals surface area contributed by atoms with Crippen molar-refractivity contribution in [3.05, 3.63) is 0 Å². The molecule has 1 N–H and O–H groups in total. The van der Waals surface area contributed by atoms with Gasteiger partial charge in [0.25, 0.3) is 0 Å². The van der Waals surface area contributed by atoms with E-state index in [2.05, 4.69) is 0 Å². The number of aliphatic hydroxyl groups excluding tert-OH is 1. The molecule has 4 heteroatoms. The first-order chi connectivity index (χ1) is 6.79. The Morgan fingerprint density at radius 2 is 2.29 bits per heavy atom. The molecule has 1 unspecified atom stereocenters. The molecule has 0 aromatic carbocycles. The van der Waals surface area contributed by atoms with Crippen LogP contribution in [-0.2, 0) is 4.79 Å². The van der Waals surface area contributed by atoms with Gasteiger partial charge >= 0.3 is 0 Å². The number of hydrogen-bond donors (Lipinski definition) is 1. The summed E-state index contributed by atoms with van der Waals surface area (Å²) in [7, 11) is 0. The third kappa shape index (κ3) is 3.14. The first-order valence-corrected chi connectivity index (χ1v) is 5.79. The van der Waals surface area contributed by atoms with Crippen molar-refractivity contribution in [3.8, 4) is 0 Å². The molecule has 0 aromatic rings. The van der Waals surface area contributed by atoms with Crippen LogP contribution < -0.4 is 0 Å². The van der Waals surface area contributed by atoms with Gasteiger partial charge in [0.1, 0.15) is 0 Å². The molecule has 1 aliphatic rings. The molecule has 0 radical (unpaired) electrons. The summed E-state index contributed by atoms with van der Waals surface area (Å²) in [5, 5.41) is 9.12. The van der Waals surface area contributed by atoms with Crippen LogP contribution in [0.3, 0.4) is 0 Å². The highest BCUT2D eigenvalue weighted by Crippen LogP contribution is 2.17. The molecule has 82 valence electrons. The Kier molecular flexibility index (Phi) is 5.26. The standard InChI is InChI=1S/C10H18ClNO2/c11-6-3-5-10(14)12-7-2-1-4-9(12)8-13/h9,13H,1-8H2. The van der Waals surface area contributed by atoms with Crippen molar-refractivity contribution in [2.75, 3.05) is 19.0 Å². The van der Waals surface area contributed by atoms with Crippen molar-refractivity contribution >= 4 is 17.5 Å². The molecule has 1 heterocycles. The number of amides is 1. The van der Waals surface area contributed by atoms with E-state index in [0.717, 1.165) is 32.2 Å². The lowest BCUT2D eigenvalue weighted by atomic mass is 10.0. The zero-order valence-electron chi connectivity index (χ0n) is 8.41. The molecule has 1 amide bonds. The van der Waals surface area contributed by atoms with Gasteiger partial charge in [0.2, 0.25) is 5.91 Å². The van der Waals surface area contributed by atoms with E-state index in [-0.39, 0.29) is 18.6 Å². The van der Waals surface area contributed by atoms with Crippen molar-refractivity contribution in [2.45, 2.75) is 38.1 Å². The molecule has 1 aliphatic heterocycles. The van der Waals surface area contributed by atoms with Crippen LogP contribution in [0.4, 0.5) is 0 Å². The van der Waals surface area contributed by atoms with Crippen LogP contribution in [0.5, 0.6) is 0 Å². The van der Waals surface area contributed by atoms with Crippen molar-refractivity contribution in [1.82, 2.24) is 4.90 Å². The summed E-state index contributed by atoms with van der Waals surface area (Å²) in [5.41, 5.74) is 0. The second kappa shape index (κ2) is 6.25. The first kappa shape index (κ1) is 11.8. The number of carbonyl (C=O) groups is 1. The van der Waals surface area contributed by atoms with Gasteiger partial charge in [-0.1, -0.05) is 0 Å². The molecule has 1 fully saturated rings. The smallest absolute Gasteiger partial charge is 0.222 e. The van der Waals surface area contributed by atoms with E-state index in [1.54, 1.807) is 0 Å². The summed E-state index contributed by atoms with van der Waals surface area (Å²) < 4.78 is 0. The molecule has 0 saturated carbocycles. The largest absolute Gasteiger partial charge is 0.394 e. The van der Waals surface area contributed by atoms with Crippen LogP contribution in [0, 0.1) is 0 Å². The number of carbonyl (C=O) groups excluding carboxylic acids is 1. The van der Waals surface area contributed by atoms with E-state index in [0.29, 0.717) is 12.3 Å². The summed E-state index contributed by atoms with van der Waals surface area (Å²) in [6, 6.07) is 0.0478. The second-order valence-electron chi connectivity index (χ2n) is 3.71. The Bertz CT molecular complexity index is 187. The minimum atomic E-state index is 0.0478. The predicted octanol–water partition coefficient (Wildman–Crippen LogP) is 1.38. The van der Waals surface area contributed by atoms with Crippen molar-refractivity contribution < 1.29 is 9.90 Å². The lowest BCUT2D eigenvalue weighted by Crippen LogP contribution is -2.45. The van der Waals surface area contributed by atoms with Gasteiger partial charge in [-0.3, -0.25) is 4.79 Å². The summed E-state index contributed by atoms with van der Waals surface area (Å²) in [4.78, 5) is 13.5. The fourth-order valence-corrected chi connectivity index (χ4v) is 2.01. The predicted molar refractivity (Wildman–Crippen MR) is 56.4 cm³/mol. The summed E-state index contributed by atoms with van der Waals surface area (Å²) in [6.45, 7) is 0.888. The van der Waals surface area contributed by atoms with Gasteiger partial charge in [-0.25, -0.2) is 0 Å². The maximum atomic E-state index is 11.7. The van der Waals surface area contributed by atoms with Crippen LogP contribution in [0.15, 0.2) is 0 Å². The Balaban J connectivity index is 2.41. The van der Waals surface area contributed by atoms with Gasteiger partial charge in [0.15, 0.2) is 0 Å². The SMILES string of the molecule is O=C(CCCCl)N1CCCCC1CO. The fourth-order valence-electron chi connectivity index (χ4n) is 1.88. The number of alkyl halides is 1. The number of nitrogens with zero attached hydrogens (tertiary/aromatic N) is 1. The number of likely N-dealkylation sites (tertiary alicyclic amines) is 1. The number of rotatable bonds is 4. The van der Waals surface area contributed by atoms with Gasteiger partial charge < -0.3 is 10.0 Å². The summed E-state index contributed by atoms with van der Waals surface area (Å²) >= 11 is 5.53. The van der Waals surface area contributed by atoms with E-state index in [1.165, 1.54) is 0 Å². The number of piperidine rings is 1. The van der Waals surface area contributed by atoms with Crippen LogP contribution in [0.25, 0.3) is 0 Å². The number of aliphatic hydroxyl groups is 1. The van der Waals surface area contributed by atoms with E-state index >= 15 is 0 Å². The van der Waals surface area contributed by atoms with Gasteiger partial charge in [-0.2, -0.15) is 0 Å². The minimum absolute atomic E-state index is 0.0478. The zero-order valence-corrected chi connectivity index (χ0v) is 9.17. The quantitative estimate of drug-likeness (QED) is 0.726. The second-order valence-corrected chi connectivity index (χ2v) is 4.09. The normalized spacial score (nSPS) is 22.4. The Morgan fingerprint density at radius 3 is 2.93 bits per heavy atom. The molecule has 0 spiro atoms. The summed E-state index contributed by atoms with van der Waals surface area (Å²) in [5.74, 6) is 0.674. The van der Waals surface area contributed by atoms with E-state index in [4.69, 9.17) is 16.7 Å². The van der Waals surface area contributed by atoms with E-state index in [9.17, 15) is 4.79 Å². The summed E-state index contributed by atoms with van der Waals surface area (Å²) in [6.07, 6.45) is 4.35.